The first-order valence-corrected chi connectivity index (χ1v) is 6.48. The van der Waals surface area contributed by atoms with E-state index in [-0.39, 0.29) is 11.9 Å². The maximum Gasteiger partial charge on any atom is 0.126 e. The first-order chi connectivity index (χ1) is 8.13. The fourth-order valence-corrected chi connectivity index (χ4v) is 2.78. The molecule has 1 nitrogen and oxygen atoms in total. The molecule has 2 rings (SSSR count). The van der Waals surface area contributed by atoms with Gasteiger partial charge in [-0.25, -0.2) is 4.39 Å². The standard InChI is InChI=1S/C14H16FNS/c1-9-8-11(4-5-13(9)15)14(16-3)12-6-7-17-10(12)2/h4-8,14,16H,1-3H3. The van der Waals surface area contributed by atoms with E-state index in [0.29, 0.717) is 5.56 Å². The highest BCUT2D eigenvalue weighted by molar-refractivity contribution is 7.10. The van der Waals surface area contributed by atoms with E-state index in [1.54, 1.807) is 18.3 Å². The van der Waals surface area contributed by atoms with E-state index >= 15 is 0 Å². The molecule has 1 N–H and O–H groups in total. The molecule has 0 amide bonds. The first-order valence-electron chi connectivity index (χ1n) is 5.60. The van der Waals surface area contributed by atoms with Crippen LogP contribution in [0.1, 0.15) is 27.6 Å². The monoisotopic (exact) mass is 249 g/mol. The van der Waals surface area contributed by atoms with Crippen molar-refractivity contribution < 1.29 is 4.39 Å². The van der Waals surface area contributed by atoms with Crippen molar-refractivity contribution in [2.75, 3.05) is 7.05 Å². The van der Waals surface area contributed by atoms with Crippen LogP contribution < -0.4 is 5.32 Å². The molecule has 0 aliphatic heterocycles. The van der Waals surface area contributed by atoms with Crippen LogP contribution in [0.15, 0.2) is 29.6 Å². The highest BCUT2D eigenvalue weighted by atomic mass is 32.1. The van der Waals surface area contributed by atoms with E-state index in [1.807, 2.05) is 19.2 Å². The van der Waals surface area contributed by atoms with E-state index < -0.39 is 0 Å². The summed E-state index contributed by atoms with van der Waals surface area (Å²) in [6.07, 6.45) is 0. The van der Waals surface area contributed by atoms with Crippen molar-refractivity contribution in [3.05, 3.63) is 57.0 Å². The van der Waals surface area contributed by atoms with Crippen LogP contribution in [-0.2, 0) is 0 Å². The summed E-state index contributed by atoms with van der Waals surface area (Å²) in [5.41, 5.74) is 3.06. The molecule has 1 heterocycles. The van der Waals surface area contributed by atoms with Gasteiger partial charge >= 0.3 is 0 Å². The molecule has 0 saturated heterocycles. The molecule has 0 saturated carbocycles. The van der Waals surface area contributed by atoms with Crippen molar-refractivity contribution in [1.82, 2.24) is 5.32 Å². The van der Waals surface area contributed by atoms with E-state index in [1.165, 1.54) is 16.5 Å². The summed E-state index contributed by atoms with van der Waals surface area (Å²) >= 11 is 1.74. The second-order valence-corrected chi connectivity index (χ2v) is 5.28. The summed E-state index contributed by atoms with van der Waals surface area (Å²) in [6, 6.07) is 7.56. The Labute approximate surface area is 105 Å². The summed E-state index contributed by atoms with van der Waals surface area (Å²) in [5.74, 6) is -0.148. The largest absolute Gasteiger partial charge is 0.309 e. The molecule has 17 heavy (non-hydrogen) atoms. The zero-order valence-corrected chi connectivity index (χ0v) is 11.1. The molecule has 0 bridgehead atoms. The van der Waals surface area contributed by atoms with Gasteiger partial charge in [0, 0.05) is 4.88 Å². The number of nitrogens with one attached hydrogen (secondary N) is 1. The van der Waals surface area contributed by atoms with E-state index in [0.717, 1.165) is 5.56 Å². The van der Waals surface area contributed by atoms with Gasteiger partial charge in [-0.15, -0.1) is 11.3 Å². The van der Waals surface area contributed by atoms with Gasteiger partial charge in [-0.1, -0.05) is 12.1 Å². The van der Waals surface area contributed by atoms with Crippen molar-refractivity contribution in [1.29, 1.82) is 0 Å². The average molecular weight is 249 g/mol. The van der Waals surface area contributed by atoms with Gasteiger partial charge in [-0.05, 0) is 55.1 Å². The van der Waals surface area contributed by atoms with Crippen molar-refractivity contribution >= 4 is 11.3 Å². The quantitative estimate of drug-likeness (QED) is 0.872. The lowest BCUT2D eigenvalue weighted by atomic mass is 9.98. The van der Waals surface area contributed by atoms with E-state index in [4.69, 9.17) is 0 Å². The minimum absolute atomic E-state index is 0.139. The lowest BCUT2D eigenvalue weighted by molar-refractivity contribution is 0.614. The smallest absolute Gasteiger partial charge is 0.126 e. The van der Waals surface area contributed by atoms with Gasteiger partial charge in [0.1, 0.15) is 5.82 Å². The number of aryl methyl sites for hydroxylation is 2. The Kier molecular flexibility index (Phi) is 3.60. The van der Waals surface area contributed by atoms with Crippen molar-refractivity contribution in [3.63, 3.8) is 0 Å². The van der Waals surface area contributed by atoms with Gasteiger partial charge in [0.2, 0.25) is 0 Å². The summed E-state index contributed by atoms with van der Waals surface area (Å²) in [5, 5.41) is 5.38. The van der Waals surface area contributed by atoms with E-state index in [9.17, 15) is 4.39 Å². The van der Waals surface area contributed by atoms with Gasteiger partial charge in [0.15, 0.2) is 0 Å². The number of rotatable bonds is 3. The molecule has 0 aliphatic rings. The highest BCUT2D eigenvalue weighted by Crippen LogP contribution is 2.28. The predicted molar refractivity (Wildman–Crippen MR) is 71.1 cm³/mol. The Balaban J connectivity index is 2.42. The number of hydrogen-bond acceptors (Lipinski definition) is 2. The zero-order chi connectivity index (χ0) is 12.4. The van der Waals surface area contributed by atoms with Crippen LogP contribution in [-0.4, -0.2) is 7.05 Å². The Hall–Kier alpha value is -1.19. The Morgan fingerprint density at radius 1 is 1.24 bits per heavy atom. The SMILES string of the molecule is CNC(c1ccc(F)c(C)c1)c1ccsc1C. The number of halogens is 1. The van der Waals surface area contributed by atoms with Crippen LogP contribution in [0.2, 0.25) is 0 Å². The molecule has 0 spiro atoms. The summed E-state index contributed by atoms with van der Waals surface area (Å²) in [6.45, 7) is 3.91. The van der Waals surface area contributed by atoms with E-state index in [2.05, 4.69) is 23.7 Å². The fraction of sp³-hybridized carbons (Fsp3) is 0.286. The third-order valence-electron chi connectivity index (χ3n) is 3.01. The molecule has 1 aromatic carbocycles. The molecule has 0 aliphatic carbocycles. The second kappa shape index (κ2) is 4.98. The molecule has 1 unspecified atom stereocenters. The third-order valence-corrected chi connectivity index (χ3v) is 3.88. The van der Waals surface area contributed by atoms with Crippen LogP contribution in [0.4, 0.5) is 4.39 Å². The molecule has 90 valence electrons. The Morgan fingerprint density at radius 3 is 2.53 bits per heavy atom. The maximum absolute atomic E-state index is 13.3. The molecule has 1 aromatic heterocycles. The zero-order valence-electron chi connectivity index (χ0n) is 10.3. The van der Waals surface area contributed by atoms with Gasteiger partial charge < -0.3 is 5.32 Å². The third kappa shape index (κ3) is 2.40. The number of benzene rings is 1. The lowest BCUT2D eigenvalue weighted by Crippen LogP contribution is -2.18. The lowest BCUT2D eigenvalue weighted by Gasteiger charge is -2.17. The first kappa shape index (κ1) is 12.3. The van der Waals surface area contributed by atoms with Crippen molar-refractivity contribution in [2.45, 2.75) is 19.9 Å². The molecule has 3 heteroatoms. The summed E-state index contributed by atoms with van der Waals surface area (Å²) < 4.78 is 13.3. The predicted octanol–water partition coefficient (Wildman–Crippen LogP) is 3.81. The van der Waals surface area contributed by atoms with Crippen molar-refractivity contribution in [3.8, 4) is 0 Å². The number of thiophene rings is 1. The normalized spacial score (nSPS) is 12.7. The number of hydrogen-bond donors (Lipinski definition) is 1. The Bertz CT molecular complexity index is 519. The van der Waals surface area contributed by atoms with Crippen LogP contribution >= 0.6 is 11.3 Å². The molecule has 1 atom stereocenters. The summed E-state index contributed by atoms with van der Waals surface area (Å²) in [7, 11) is 1.93. The van der Waals surface area contributed by atoms with Crippen LogP contribution in [0.3, 0.4) is 0 Å². The topological polar surface area (TPSA) is 12.0 Å². The molecular weight excluding hydrogens is 233 g/mol. The van der Waals surface area contributed by atoms with Crippen molar-refractivity contribution in [2.24, 2.45) is 0 Å². The fourth-order valence-electron chi connectivity index (χ4n) is 2.04. The minimum Gasteiger partial charge on any atom is -0.309 e. The van der Waals surface area contributed by atoms with Gasteiger partial charge in [0.05, 0.1) is 6.04 Å². The molecular formula is C14H16FNS. The Morgan fingerprint density at radius 2 is 2.00 bits per heavy atom. The van der Waals surface area contributed by atoms with Crippen LogP contribution in [0.5, 0.6) is 0 Å². The van der Waals surface area contributed by atoms with Gasteiger partial charge in [-0.3, -0.25) is 0 Å². The molecule has 0 fully saturated rings. The maximum atomic E-state index is 13.3. The highest BCUT2D eigenvalue weighted by Gasteiger charge is 2.15. The molecule has 0 radical (unpaired) electrons. The van der Waals surface area contributed by atoms with Gasteiger partial charge in [-0.2, -0.15) is 0 Å². The average Bonchev–Trinajstić information content (AvgIpc) is 2.71. The minimum atomic E-state index is -0.148. The molecule has 2 aromatic rings. The summed E-state index contributed by atoms with van der Waals surface area (Å²) in [4.78, 5) is 1.30. The second-order valence-electron chi connectivity index (χ2n) is 4.16. The van der Waals surface area contributed by atoms with Gasteiger partial charge in [0.25, 0.3) is 0 Å². The van der Waals surface area contributed by atoms with Crippen LogP contribution in [0, 0.1) is 19.7 Å². The van der Waals surface area contributed by atoms with Crippen LogP contribution in [0.25, 0.3) is 0 Å².